The van der Waals surface area contributed by atoms with Crippen LogP contribution in [0.4, 0.5) is 10.2 Å². The van der Waals surface area contributed by atoms with Gasteiger partial charge in [-0.2, -0.15) is 5.10 Å². The van der Waals surface area contributed by atoms with E-state index in [1.165, 1.54) is 12.1 Å². The molecule has 2 aliphatic rings. The standard InChI is InChI=1S/C27H30FN5O4/c1-27(2)16-20-22(13-17(14-23(20)37-27)25(34)29-24-7-8-32(4)30-24)36-18-5-6-19(21(28)15-18)26(35)33-11-9-31(3)10-12-33/h5-8,13-15H,9-12,16H2,1-4H3,(H,29,30,34). The van der Waals surface area contributed by atoms with Crippen LogP contribution in [-0.2, 0) is 13.5 Å². The van der Waals surface area contributed by atoms with Crippen molar-refractivity contribution in [3.8, 4) is 17.2 Å². The molecule has 9 nitrogen and oxygen atoms in total. The average molecular weight is 508 g/mol. The molecule has 37 heavy (non-hydrogen) atoms. The van der Waals surface area contributed by atoms with Crippen LogP contribution in [0, 0.1) is 5.82 Å². The molecule has 5 rings (SSSR count). The molecule has 0 unspecified atom stereocenters. The van der Waals surface area contributed by atoms with Crippen LogP contribution < -0.4 is 14.8 Å². The first kappa shape index (κ1) is 24.8. The SMILES string of the molecule is CN1CCN(C(=O)c2ccc(Oc3cc(C(=O)Nc4ccn(C)n4)cc4c3CC(C)(C)O4)cc2F)CC1. The van der Waals surface area contributed by atoms with Crippen molar-refractivity contribution in [1.29, 1.82) is 0 Å². The summed E-state index contributed by atoms with van der Waals surface area (Å²) in [5.41, 5.74) is 0.632. The number of carbonyl (C=O) groups excluding carboxylic acids is 2. The number of benzene rings is 2. The first-order chi connectivity index (χ1) is 17.6. The van der Waals surface area contributed by atoms with E-state index in [0.717, 1.165) is 18.7 Å². The second-order valence-corrected chi connectivity index (χ2v) is 10.2. The summed E-state index contributed by atoms with van der Waals surface area (Å²) < 4.78 is 28.8. The van der Waals surface area contributed by atoms with Gasteiger partial charge in [0.1, 0.15) is 28.7 Å². The van der Waals surface area contributed by atoms with Crippen molar-refractivity contribution in [2.45, 2.75) is 25.9 Å². The predicted octanol–water partition coefficient (Wildman–Crippen LogP) is 3.70. The highest BCUT2D eigenvalue weighted by molar-refractivity contribution is 6.04. The summed E-state index contributed by atoms with van der Waals surface area (Å²) in [4.78, 5) is 29.6. The molecule has 10 heteroatoms. The number of likely N-dealkylation sites (N-methyl/N-ethyl adjacent to an activating group) is 1. The summed E-state index contributed by atoms with van der Waals surface area (Å²) in [6.45, 7) is 6.51. The maximum atomic E-state index is 15.0. The highest BCUT2D eigenvalue weighted by Gasteiger charge is 2.34. The molecule has 0 saturated carbocycles. The molecule has 0 radical (unpaired) electrons. The number of piperazine rings is 1. The Morgan fingerprint density at radius 1 is 1.08 bits per heavy atom. The van der Waals surface area contributed by atoms with Crippen molar-refractivity contribution in [2.75, 3.05) is 38.5 Å². The smallest absolute Gasteiger partial charge is 0.257 e. The number of ether oxygens (including phenoxy) is 2. The molecule has 3 aromatic rings. The van der Waals surface area contributed by atoms with Crippen molar-refractivity contribution in [2.24, 2.45) is 7.05 Å². The Labute approximate surface area is 214 Å². The fourth-order valence-corrected chi connectivity index (χ4v) is 4.58. The van der Waals surface area contributed by atoms with Gasteiger partial charge in [-0.25, -0.2) is 4.39 Å². The van der Waals surface area contributed by atoms with Gasteiger partial charge in [-0.15, -0.1) is 0 Å². The number of anilines is 1. The molecule has 0 atom stereocenters. The first-order valence-corrected chi connectivity index (χ1v) is 12.2. The first-order valence-electron chi connectivity index (χ1n) is 12.2. The van der Waals surface area contributed by atoms with E-state index >= 15 is 4.39 Å². The third-order valence-corrected chi connectivity index (χ3v) is 6.56. The van der Waals surface area contributed by atoms with Crippen molar-refractivity contribution in [3.05, 3.63) is 65.1 Å². The number of nitrogens with one attached hydrogen (secondary N) is 1. The van der Waals surface area contributed by atoms with Crippen molar-refractivity contribution in [3.63, 3.8) is 0 Å². The van der Waals surface area contributed by atoms with E-state index < -0.39 is 11.4 Å². The molecule has 0 aliphatic carbocycles. The zero-order valence-corrected chi connectivity index (χ0v) is 21.4. The maximum Gasteiger partial charge on any atom is 0.257 e. The predicted molar refractivity (Wildman–Crippen MR) is 136 cm³/mol. The van der Waals surface area contributed by atoms with Crippen molar-refractivity contribution >= 4 is 17.6 Å². The van der Waals surface area contributed by atoms with Crippen LogP contribution in [0.2, 0.25) is 0 Å². The second-order valence-electron chi connectivity index (χ2n) is 10.2. The van der Waals surface area contributed by atoms with Crippen LogP contribution in [0.15, 0.2) is 42.6 Å². The van der Waals surface area contributed by atoms with E-state index in [4.69, 9.17) is 9.47 Å². The maximum absolute atomic E-state index is 15.0. The molecular formula is C27H30FN5O4. The number of aryl methyl sites for hydroxylation is 1. The van der Waals surface area contributed by atoms with Gasteiger partial charge >= 0.3 is 0 Å². The van der Waals surface area contributed by atoms with Gasteiger partial charge in [-0.1, -0.05) is 0 Å². The Hall–Kier alpha value is -3.92. The largest absolute Gasteiger partial charge is 0.487 e. The van der Waals surface area contributed by atoms with Gasteiger partial charge in [0.05, 0.1) is 5.56 Å². The van der Waals surface area contributed by atoms with Crippen molar-refractivity contribution < 1.29 is 23.5 Å². The average Bonchev–Trinajstić information content (AvgIpc) is 3.39. The van der Waals surface area contributed by atoms with E-state index in [1.807, 2.05) is 20.9 Å². The van der Waals surface area contributed by atoms with Gasteiger partial charge in [0.15, 0.2) is 5.82 Å². The lowest BCUT2D eigenvalue weighted by molar-refractivity contribution is 0.0659. The lowest BCUT2D eigenvalue weighted by atomic mass is 9.99. The topological polar surface area (TPSA) is 88.9 Å². The molecule has 1 fully saturated rings. The van der Waals surface area contributed by atoms with Crippen molar-refractivity contribution in [1.82, 2.24) is 19.6 Å². The zero-order chi connectivity index (χ0) is 26.3. The second kappa shape index (κ2) is 9.51. The van der Waals surface area contributed by atoms with E-state index in [0.29, 0.717) is 42.4 Å². The monoisotopic (exact) mass is 507 g/mol. The van der Waals surface area contributed by atoms with Crippen LogP contribution in [0.5, 0.6) is 17.2 Å². The Morgan fingerprint density at radius 3 is 2.51 bits per heavy atom. The molecule has 0 spiro atoms. The number of hydrogen-bond acceptors (Lipinski definition) is 6. The van der Waals surface area contributed by atoms with E-state index in [1.54, 1.807) is 47.1 Å². The van der Waals surface area contributed by atoms with Gasteiger partial charge in [0.2, 0.25) is 0 Å². The van der Waals surface area contributed by atoms with E-state index in [9.17, 15) is 9.59 Å². The molecule has 2 aromatic carbocycles. The number of nitrogens with zero attached hydrogens (tertiary/aromatic N) is 4. The summed E-state index contributed by atoms with van der Waals surface area (Å²) >= 11 is 0. The van der Waals surface area contributed by atoms with Gasteiger partial charge in [-0.05, 0) is 45.2 Å². The fourth-order valence-electron chi connectivity index (χ4n) is 4.58. The minimum atomic E-state index is -0.654. The summed E-state index contributed by atoms with van der Waals surface area (Å²) in [7, 11) is 3.75. The molecule has 1 aromatic heterocycles. The van der Waals surface area contributed by atoms with Gasteiger partial charge < -0.3 is 24.6 Å². The molecule has 2 aliphatic heterocycles. The molecule has 0 bridgehead atoms. The Kier molecular flexibility index (Phi) is 6.36. The number of carbonyl (C=O) groups is 2. The zero-order valence-electron chi connectivity index (χ0n) is 21.4. The lowest BCUT2D eigenvalue weighted by Gasteiger charge is -2.32. The number of rotatable bonds is 5. The molecular weight excluding hydrogens is 477 g/mol. The van der Waals surface area contributed by atoms with E-state index in [-0.39, 0.29) is 23.1 Å². The number of hydrogen-bond donors (Lipinski definition) is 1. The number of fused-ring (bicyclic) bond motifs is 1. The summed E-state index contributed by atoms with van der Waals surface area (Å²) in [5, 5.41) is 6.94. The van der Waals surface area contributed by atoms with Crippen LogP contribution in [0.1, 0.15) is 40.1 Å². The molecule has 1 saturated heterocycles. The third-order valence-electron chi connectivity index (χ3n) is 6.56. The van der Waals surface area contributed by atoms with Crippen LogP contribution in [0.3, 0.4) is 0 Å². The Bertz CT molecular complexity index is 1360. The van der Waals surface area contributed by atoms with Gasteiger partial charge in [-0.3, -0.25) is 14.3 Å². The highest BCUT2D eigenvalue weighted by atomic mass is 19.1. The molecule has 2 amide bonds. The van der Waals surface area contributed by atoms with Crippen LogP contribution >= 0.6 is 0 Å². The van der Waals surface area contributed by atoms with Crippen LogP contribution in [-0.4, -0.2) is 70.2 Å². The Balaban J connectivity index is 1.40. The quantitative estimate of drug-likeness (QED) is 0.567. The molecule has 194 valence electrons. The summed E-state index contributed by atoms with van der Waals surface area (Å²) in [5.74, 6) is 0.211. The number of amides is 2. The minimum absolute atomic E-state index is 0.00934. The summed E-state index contributed by atoms with van der Waals surface area (Å²) in [6, 6.07) is 9.20. The Morgan fingerprint density at radius 2 is 1.84 bits per heavy atom. The third kappa shape index (κ3) is 5.29. The molecule has 3 heterocycles. The summed E-state index contributed by atoms with van der Waals surface area (Å²) in [6.07, 6.45) is 2.29. The van der Waals surface area contributed by atoms with E-state index in [2.05, 4.69) is 15.3 Å². The van der Waals surface area contributed by atoms with Crippen LogP contribution in [0.25, 0.3) is 0 Å². The highest BCUT2D eigenvalue weighted by Crippen LogP contribution is 2.43. The van der Waals surface area contributed by atoms with Gasteiger partial charge in [0, 0.05) is 69.1 Å². The number of aromatic nitrogens is 2. The van der Waals surface area contributed by atoms with Gasteiger partial charge in [0.25, 0.3) is 11.8 Å². The number of halogens is 1. The fraction of sp³-hybridized carbons (Fsp3) is 0.370. The molecule has 1 N–H and O–H groups in total. The normalized spacial score (nSPS) is 16.7. The minimum Gasteiger partial charge on any atom is -0.487 e. The lowest BCUT2D eigenvalue weighted by Crippen LogP contribution is -2.47.